The van der Waals surface area contributed by atoms with Gasteiger partial charge in [-0.2, -0.15) is 0 Å². The second kappa shape index (κ2) is 5.73. The fourth-order valence-electron chi connectivity index (χ4n) is 3.05. The summed E-state index contributed by atoms with van der Waals surface area (Å²) in [5.41, 5.74) is 3.46. The van der Waals surface area contributed by atoms with Gasteiger partial charge >= 0.3 is 6.03 Å². The predicted octanol–water partition coefficient (Wildman–Crippen LogP) is 2.62. The first-order valence-electron chi connectivity index (χ1n) is 7.61. The van der Waals surface area contributed by atoms with Crippen molar-refractivity contribution < 1.29 is 9.90 Å². The third-order valence-corrected chi connectivity index (χ3v) is 4.49. The van der Waals surface area contributed by atoms with Crippen molar-refractivity contribution in [3.63, 3.8) is 0 Å². The fraction of sp³-hybridized carbons (Fsp3) is 0.562. The summed E-state index contributed by atoms with van der Waals surface area (Å²) in [7, 11) is 0. The van der Waals surface area contributed by atoms with E-state index < -0.39 is 0 Å². The van der Waals surface area contributed by atoms with E-state index in [1.54, 1.807) is 6.07 Å². The summed E-state index contributed by atoms with van der Waals surface area (Å²) in [5.74, 6) is 0.301. The van der Waals surface area contributed by atoms with Crippen LogP contribution in [0.25, 0.3) is 0 Å². The zero-order valence-electron chi connectivity index (χ0n) is 11.7. The average Bonchev–Trinajstić information content (AvgIpc) is 2.42. The van der Waals surface area contributed by atoms with Gasteiger partial charge in [-0.25, -0.2) is 4.79 Å². The Hall–Kier alpha value is -1.71. The molecule has 0 unspecified atom stereocenters. The number of urea groups is 1. The number of phenols is 1. The molecule has 108 valence electrons. The van der Waals surface area contributed by atoms with Crippen molar-refractivity contribution in [3.05, 3.63) is 28.8 Å². The van der Waals surface area contributed by atoms with Crippen LogP contribution in [-0.4, -0.2) is 17.2 Å². The van der Waals surface area contributed by atoms with E-state index in [-0.39, 0.29) is 6.03 Å². The molecular formula is C16H22N2O2. The van der Waals surface area contributed by atoms with Gasteiger partial charge in [-0.3, -0.25) is 0 Å². The van der Waals surface area contributed by atoms with E-state index in [1.165, 1.54) is 24.0 Å². The quantitative estimate of drug-likeness (QED) is 0.793. The normalized spacial score (nSPS) is 18.0. The molecule has 0 aliphatic heterocycles. The van der Waals surface area contributed by atoms with Gasteiger partial charge < -0.3 is 15.7 Å². The van der Waals surface area contributed by atoms with E-state index in [4.69, 9.17) is 0 Å². The van der Waals surface area contributed by atoms with Gasteiger partial charge in [-0.05, 0) is 62.1 Å². The maximum Gasteiger partial charge on any atom is 0.315 e. The van der Waals surface area contributed by atoms with Gasteiger partial charge in [0.2, 0.25) is 0 Å². The molecule has 1 saturated carbocycles. The van der Waals surface area contributed by atoms with Crippen molar-refractivity contribution in [2.45, 2.75) is 57.5 Å². The Kier molecular flexibility index (Phi) is 3.81. The fourth-order valence-corrected chi connectivity index (χ4v) is 3.05. The van der Waals surface area contributed by atoms with Crippen LogP contribution in [0, 0.1) is 0 Å². The lowest BCUT2D eigenvalue weighted by Gasteiger charge is -2.26. The van der Waals surface area contributed by atoms with Crippen LogP contribution >= 0.6 is 0 Å². The lowest BCUT2D eigenvalue weighted by Crippen LogP contribution is -2.44. The number of aryl methyl sites for hydroxylation is 1. The second-order valence-electron chi connectivity index (χ2n) is 5.86. The van der Waals surface area contributed by atoms with Crippen LogP contribution in [0.1, 0.15) is 48.8 Å². The van der Waals surface area contributed by atoms with Crippen molar-refractivity contribution in [2.75, 3.05) is 0 Å². The van der Waals surface area contributed by atoms with Gasteiger partial charge in [0.25, 0.3) is 0 Å². The largest absolute Gasteiger partial charge is 0.508 e. The monoisotopic (exact) mass is 274 g/mol. The van der Waals surface area contributed by atoms with Crippen molar-refractivity contribution >= 4 is 6.03 Å². The average molecular weight is 274 g/mol. The number of nitrogens with one attached hydrogen (secondary N) is 2. The van der Waals surface area contributed by atoms with Crippen LogP contribution in [0.3, 0.4) is 0 Å². The molecule has 0 saturated heterocycles. The number of amides is 2. The first-order valence-corrected chi connectivity index (χ1v) is 7.61. The lowest BCUT2D eigenvalue weighted by atomic mass is 9.88. The van der Waals surface area contributed by atoms with E-state index in [1.807, 2.05) is 6.07 Å². The molecule has 0 heterocycles. The zero-order valence-corrected chi connectivity index (χ0v) is 11.7. The minimum absolute atomic E-state index is 0.123. The van der Waals surface area contributed by atoms with Gasteiger partial charge in [-0.1, -0.05) is 6.07 Å². The highest BCUT2D eigenvalue weighted by Gasteiger charge is 2.20. The van der Waals surface area contributed by atoms with Crippen LogP contribution < -0.4 is 10.6 Å². The number of rotatable bonds is 3. The maximum absolute atomic E-state index is 11.8. The summed E-state index contributed by atoms with van der Waals surface area (Å²) in [4.78, 5) is 11.8. The molecular weight excluding hydrogens is 252 g/mol. The van der Waals surface area contributed by atoms with Gasteiger partial charge in [-0.15, -0.1) is 0 Å². The van der Waals surface area contributed by atoms with Crippen molar-refractivity contribution in [3.8, 4) is 5.75 Å². The number of carbonyl (C=O) groups excluding carboxylic acids is 1. The van der Waals surface area contributed by atoms with Crippen LogP contribution in [0.5, 0.6) is 5.75 Å². The van der Waals surface area contributed by atoms with Crippen molar-refractivity contribution in [1.82, 2.24) is 10.6 Å². The summed E-state index contributed by atoms with van der Waals surface area (Å²) in [5, 5.41) is 15.9. The molecule has 0 atom stereocenters. The highest BCUT2D eigenvalue weighted by Crippen LogP contribution is 2.30. The Balaban J connectivity index is 1.65. The Morgan fingerprint density at radius 3 is 2.75 bits per heavy atom. The highest BCUT2D eigenvalue weighted by molar-refractivity contribution is 5.74. The number of hydrogen-bond acceptors (Lipinski definition) is 2. The van der Waals surface area contributed by atoms with Gasteiger partial charge in [0.1, 0.15) is 5.75 Å². The first kappa shape index (κ1) is 13.3. The Bertz CT molecular complexity index is 509. The van der Waals surface area contributed by atoms with Crippen LogP contribution in [0.4, 0.5) is 4.79 Å². The Morgan fingerprint density at radius 1 is 1.20 bits per heavy atom. The molecule has 0 spiro atoms. The minimum Gasteiger partial charge on any atom is -0.508 e. The number of benzene rings is 1. The van der Waals surface area contributed by atoms with E-state index >= 15 is 0 Å². The molecule has 4 nitrogen and oxygen atoms in total. The molecule has 20 heavy (non-hydrogen) atoms. The van der Waals surface area contributed by atoms with Crippen molar-refractivity contribution in [2.24, 2.45) is 0 Å². The molecule has 1 aromatic carbocycles. The summed E-state index contributed by atoms with van der Waals surface area (Å²) >= 11 is 0. The second-order valence-corrected chi connectivity index (χ2v) is 5.86. The number of phenolic OH excluding ortho intramolecular Hbond substituents is 1. The number of hydrogen-bond donors (Lipinski definition) is 3. The van der Waals surface area contributed by atoms with E-state index in [2.05, 4.69) is 10.6 Å². The minimum atomic E-state index is -0.123. The molecule has 0 bridgehead atoms. The molecule has 1 aromatic rings. The standard InChI is InChI=1S/C16H22N2O2/c19-15-9-8-11-4-1-2-7-13(11)14(15)10-17-16(20)18-12-5-3-6-12/h8-9,12,19H,1-7,10H2,(H2,17,18,20). The molecule has 3 N–H and O–H groups in total. The summed E-state index contributed by atoms with van der Waals surface area (Å²) in [6, 6.07) is 3.99. The molecule has 1 fully saturated rings. The lowest BCUT2D eigenvalue weighted by molar-refractivity contribution is 0.228. The molecule has 4 heteroatoms. The molecule has 2 amide bonds. The summed E-state index contributed by atoms with van der Waals surface area (Å²) in [6.45, 7) is 0.410. The topological polar surface area (TPSA) is 61.4 Å². The number of carbonyl (C=O) groups is 1. The smallest absolute Gasteiger partial charge is 0.315 e. The molecule has 0 aromatic heterocycles. The Labute approximate surface area is 119 Å². The highest BCUT2D eigenvalue weighted by atomic mass is 16.3. The third kappa shape index (κ3) is 2.74. The van der Waals surface area contributed by atoms with Crippen LogP contribution in [0.2, 0.25) is 0 Å². The van der Waals surface area contributed by atoms with E-state index in [0.717, 1.165) is 37.7 Å². The third-order valence-electron chi connectivity index (χ3n) is 4.49. The molecule has 2 aliphatic carbocycles. The zero-order chi connectivity index (χ0) is 13.9. The molecule has 2 aliphatic rings. The van der Waals surface area contributed by atoms with Crippen molar-refractivity contribution in [1.29, 1.82) is 0 Å². The predicted molar refractivity (Wildman–Crippen MR) is 77.8 cm³/mol. The van der Waals surface area contributed by atoms with Gasteiger partial charge in [0.05, 0.1) is 0 Å². The number of aromatic hydroxyl groups is 1. The Morgan fingerprint density at radius 2 is 2.00 bits per heavy atom. The molecule has 0 radical (unpaired) electrons. The first-order chi connectivity index (χ1) is 9.74. The van der Waals surface area contributed by atoms with Crippen LogP contribution in [0.15, 0.2) is 12.1 Å². The van der Waals surface area contributed by atoms with Gasteiger partial charge in [0.15, 0.2) is 0 Å². The van der Waals surface area contributed by atoms with E-state index in [9.17, 15) is 9.90 Å². The van der Waals surface area contributed by atoms with Gasteiger partial charge in [0, 0.05) is 18.2 Å². The number of fused-ring (bicyclic) bond motifs is 1. The molecule has 3 rings (SSSR count). The SMILES string of the molecule is O=C(NCc1c(O)ccc2c1CCCC2)NC1CCC1. The maximum atomic E-state index is 11.8. The van der Waals surface area contributed by atoms with E-state index in [0.29, 0.717) is 18.3 Å². The summed E-state index contributed by atoms with van der Waals surface area (Å²) < 4.78 is 0. The summed E-state index contributed by atoms with van der Waals surface area (Å²) in [6.07, 6.45) is 7.84. The van der Waals surface area contributed by atoms with Crippen LogP contribution in [-0.2, 0) is 19.4 Å².